The highest BCUT2D eigenvalue weighted by Crippen LogP contribution is 2.29. The van der Waals surface area contributed by atoms with E-state index in [1.807, 2.05) is 0 Å². The van der Waals surface area contributed by atoms with Crippen LogP contribution in [0.3, 0.4) is 0 Å². The number of carbonyl (C=O) groups is 2. The van der Waals surface area contributed by atoms with E-state index in [2.05, 4.69) is 20.7 Å². The van der Waals surface area contributed by atoms with Crippen LogP contribution in [0, 0.1) is 0 Å². The van der Waals surface area contributed by atoms with Gasteiger partial charge in [-0.15, -0.1) is 5.10 Å². The van der Waals surface area contributed by atoms with Crippen LogP contribution in [0.2, 0.25) is 0 Å². The van der Waals surface area contributed by atoms with Crippen molar-refractivity contribution in [2.24, 2.45) is 5.73 Å². The van der Waals surface area contributed by atoms with Gasteiger partial charge < -0.3 is 15.8 Å². The lowest BCUT2D eigenvalue weighted by molar-refractivity contribution is 0.100. The zero-order valence-corrected chi connectivity index (χ0v) is 12.9. The van der Waals surface area contributed by atoms with E-state index in [-0.39, 0.29) is 11.3 Å². The Bertz CT molecular complexity index is 919. The fourth-order valence-electron chi connectivity index (χ4n) is 2.31. The minimum atomic E-state index is -0.654. The highest BCUT2D eigenvalue weighted by Gasteiger charge is 2.17. The Morgan fingerprint density at radius 3 is 2.88 bits per heavy atom. The minimum absolute atomic E-state index is 0.178. The Morgan fingerprint density at radius 2 is 2.12 bits per heavy atom. The van der Waals surface area contributed by atoms with E-state index in [1.165, 1.54) is 6.07 Å². The number of fused-ring (bicyclic) bond motifs is 1. The van der Waals surface area contributed by atoms with Crippen LogP contribution >= 0.6 is 0 Å². The van der Waals surface area contributed by atoms with Crippen molar-refractivity contribution in [1.82, 2.24) is 15.4 Å². The Kier molecular flexibility index (Phi) is 4.11. The molecule has 0 atom stereocenters. The highest BCUT2D eigenvalue weighted by molar-refractivity contribution is 6.10. The lowest BCUT2D eigenvalue weighted by atomic mass is 10.1. The number of aromatic nitrogens is 3. The van der Waals surface area contributed by atoms with Gasteiger partial charge in [-0.25, -0.2) is 0 Å². The molecular weight excluding hydrogens is 310 g/mol. The van der Waals surface area contributed by atoms with Gasteiger partial charge in [-0.1, -0.05) is 11.3 Å². The molecule has 0 bridgehead atoms. The molecule has 2 amide bonds. The first-order valence-corrected chi connectivity index (χ1v) is 7.28. The number of H-pyrrole nitrogens is 1. The number of carbonyl (C=O) groups excluding carboxylic acids is 2. The van der Waals surface area contributed by atoms with Crippen LogP contribution in [0.5, 0.6) is 5.75 Å². The predicted octanol–water partition coefficient (Wildman–Crippen LogP) is 1.71. The number of primary amides is 1. The molecule has 3 rings (SSSR count). The van der Waals surface area contributed by atoms with Crippen molar-refractivity contribution < 1.29 is 14.3 Å². The smallest absolute Gasteiger partial charge is 0.255 e. The summed E-state index contributed by atoms with van der Waals surface area (Å²) in [7, 11) is 0. The fraction of sp³-hybridized carbons (Fsp3) is 0.125. The van der Waals surface area contributed by atoms with Crippen molar-refractivity contribution in [3.05, 3.63) is 47.5 Å². The predicted molar refractivity (Wildman–Crippen MR) is 88.0 cm³/mol. The second-order valence-electron chi connectivity index (χ2n) is 4.97. The fourth-order valence-corrected chi connectivity index (χ4v) is 2.31. The molecule has 0 aliphatic rings. The summed E-state index contributed by atoms with van der Waals surface area (Å²) in [4.78, 5) is 24.2. The van der Waals surface area contributed by atoms with E-state index in [0.717, 1.165) is 5.52 Å². The molecule has 0 spiro atoms. The quantitative estimate of drug-likeness (QED) is 0.659. The zero-order valence-electron chi connectivity index (χ0n) is 12.9. The second-order valence-corrected chi connectivity index (χ2v) is 4.97. The van der Waals surface area contributed by atoms with Crippen LogP contribution in [-0.2, 0) is 0 Å². The van der Waals surface area contributed by atoms with Crippen molar-refractivity contribution >= 4 is 28.5 Å². The molecule has 3 aromatic rings. The number of aromatic amines is 1. The molecule has 122 valence electrons. The van der Waals surface area contributed by atoms with Gasteiger partial charge in [-0.3, -0.25) is 14.7 Å². The number of para-hydroxylation sites is 1. The number of rotatable bonds is 5. The summed E-state index contributed by atoms with van der Waals surface area (Å²) >= 11 is 0. The lowest BCUT2D eigenvalue weighted by Crippen LogP contribution is -2.19. The molecule has 0 fully saturated rings. The number of hydrogen-bond acceptors (Lipinski definition) is 5. The molecule has 0 saturated heterocycles. The first kappa shape index (κ1) is 15.5. The number of benzene rings is 2. The topological polar surface area (TPSA) is 123 Å². The number of nitrogens with two attached hydrogens (primary N) is 1. The van der Waals surface area contributed by atoms with Crippen LogP contribution in [-0.4, -0.2) is 33.8 Å². The van der Waals surface area contributed by atoms with E-state index < -0.39 is 11.8 Å². The molecule has 0 aliphatic heterocycles. The summed E-state index contributed by atoms with van der Waals surface area (Å²) in [5.74, 6) is -0.682. The summed E-state index contributed by atoms with van der Waals surface area (Å²) in [5, 5.41) is 13.0. The number of ether oxygens (including phenoxy) is 1. The van der Waals surface area contributed by atoms with Crippen LogP contribution in [0.1, 0.15) is 27.6 Å². The zero-order chi connectivity index (χ0) is 17.1. The third kappa shape index (κ3) is 2.89. The van der Waals surface area contributed by atoms with Gasteiger partial charge in [0, 0.05) is 5.56 Å². The molecule has 0 aliphatic carbocycles. The molecule has 0 unspecified atom stereocenters. The van der Waals surface area contributed by atoms with E-state index in [4.69, 9.17) is 10.5 Å². The van der Waals surface area contributed by atoms with Gasteiger partial charge in [0.05, 0.1) is 23.4 Å². The van der Waals surface area contributed by atoms with Gasteiger partial charge in [0.2, 0.25) is 0 Å². The van der Waals surface area contributed by atoms with E-state index >= 15 is 0 Å². The van der Waals surface area contributed by atoms with Gasteiger partial charge in [-0.2, -0.15) is 0 Å². The average Bonchev–Trinajstić information content (AvgIpc) is 3.03. The Hall–Kier alpha value is -3.42. The van der Waals surface area contributed by atoms with E-state index in [0.29, 0.717) is 23.4 Å². The third-order valence-corrected chi connectivity index (χ3v) is 3.42. The van der Waals surface area contributed by atoms with Crippen LogP contribution in [0.4, 0.5) is 5.69 Å². The largest absolute Gasteiger partial charge is 0.492 e. The van der Waals surface area contributed by atoms with Gasteiger partial charge >= 0.3 is 0 Å². The minimum Gasteiger partial charge on any atom is -0.492 e. The van der Waals surface area contributed by atoms with E-state index in [1.54, 1.807) is 37.3 Å². The normalized spacial score (nSPS) is 10.5. The van der Waals surface area contributed by atoms with Crippen molar-refractivity contribution in [1.29, 1.82) is 0 Å². The second kappa shape index (κ2) is 6.37. The van der Waals surface area contributed by atoms with E-state index in [9.17, 15) is 9.59 Å². The third-order valence-electron chi connectivity index (χ3n) is 3.42. The number of hydrogen-bond donors (Lipinski definition) is 3. The maximum absolute atomic E-state index is 12.5. The van der Waals surface area contributed by atoms with Gasteiger partial charge in [0.1, 0.15) is 11.3 Å². The molecule has 8 nitrogen and oxygen atoms in total. The van der Waals surface area contributed by atoms with Gasteiger partial charge in [0.15, 0.2) is 0 Å². The number of nitrogens with zero attached hydrogens (tertiary/aromatic N) is 2. The molecule has 4 N–H and O–H groups in total. The highest BCUT2D eigenvalue weighted by atomic mass is 16.5. The standard InChI is InChI=1S/C16H15N5O3/c1-2-24-13-5-3-4-10(15(17)22)14(13)18-16(23)9-6-7-11-12(8-9)20-21-19-11/h3-8H,2H2,1H3,(H2,17,22)(H,18,23)(H,19,20,21). The molecule has 1 heterocycles. The molecular formula is C16H15N5O3. The number of nitrogens with one attached hydrogen (secondary N) is 2. The maximum atomic E-state index is 12.5. The van der Waals surface area contributed by atoms with Crippen molar-refractivity contribution in [2.75, 3.05) is 11.9 Å². The monoisotopic (exact) mass is 325 g/mol. The van der Waals surface area contributed by atoms with Gasteiger partial charge in [-0.05, 0) is 37.3 Å². The number of anilines is 1. The summed E-state index contributed by atoms with van der Waals surface area (Å²) in [6.07, 6.45) is 0. The van der Waals surface area contributed by atoms with Crippen molar-refractivity contribution in [3.63, 3.8) is 0 Å². The molecule has 0 saturated carbocycles. The molecule has 8 heteroatoms. The van der Waals surface area contributed by atoms with Crippen molar-refractivity contribution in [2.45, 2.75) is 6.92 Å². The van der Waals surface area contributed by atoms with Crippen LogP contribution in [0.15, 0.2) is 36.4 Å². The van der Waals surface area contributed by atoms with Crippen LogP contribution in [0.25, 0.3) is 11.0 Å². The molecule has 1 aromatic heterocycles. The molecule has 24 heavy (non-hydrogen) atoms. The SMILES string of the molecule is CCOc1cccc(C(N)=O)c1NC(=O)c1ccc2[nH]nnc2c1. The Balaban J connectivity index is 1.96. The van der Waals surface area contributed by atoms with Crippen LogP contribution < -0.4 is 15.8 Å². The molecule has 0 radical (unpaired) electrons. The molecule has 2 aromatic carbocycles. The lowest BCUT2D eigenvalue weighted by Gasteiger charge is -2.14. The number of amides is 2. The van der Waals surface area contributed by atoms with Gasteiger partial charge in [0.25, 0.3) is 11.8 Å². The maximum Gasteiger partial charge on any atom is 0.255 e. The Labute approximate surface area is 137 Å². The summed E-state index contributed by atoms with van der Waals surface area (Å²) < 4.78 is 5.47. The van der Waals surface area contributed by atoms with Crippen molar-refractivity contribution in [3.8, 4) is 5.75 Å². The summed E-state index contributed by atoms with van der Waals surface area (Å²) in [6, 6.07) is 9.76. The Morgan fingerprint density at radius 1 is 1.29 bits per heavy atom. The first-order valence-electron chi connectivity index (χ1n) is 7.28. The summed E-state index contributed by atoms with van der Waals surface area (Å²) in [5.41, 5.74) is 7.47. The first-order chi connectivity index (χ1) is 11.6. The summed E-state index contributed by atoms with van der Waals surface area (Å²) in [6.45, 7) is 2.19. The average molecular weight is 325 g/mol.